The Morgan fingerprint density at radius 2 is 1.91 bits per heavy atom. The van der Waals surface area contributed by atoms with Crippen molar-refractivity contribution >= 4 is 11.8 Å². The number of aromatic nitrogens is 3. The van der Waals surface area contributed by atoms with Crippen molar-refractivity contribution in [3.05, 3.63) is 30.2 Å². The average molecular weight is 310 g/mol. The van der Waals surface area contributed by atoms with Crippen molar-refractivity contribution in [3.63, 3.8) is 0 Å². The van der Waals surface area contributed by atoms with Crippen molar-refractivity contribution in [3.8, 4) is 11.1 Å². The molecule has 1 aliphatic heterocycles. The van der Waals surface area contributed by atoms with Crippen LogP contribution in [0.4, 0.5) is 11.8 Å². The quantitative estimate of drug-likeness (QED) is 0.930. The molecule has 6 nitrogen and oxygen atoms in total. The third-order valence-electron chi connectivity index (χ3n) is 4.72. The molecule has 1 saturated carbocycles. The van der Waals surface area contributed by atoms with Gasteiger partial charge >= 0.3 is 0 Å². The van der Waals surface area contributed by atoms with E-state index in [0.717, 1.165) is 54.9 Å². The van der Waals surface area contributed by atoms with E-state index < -0.39 is 0 Å². The largest absolute Gasteiger partial charge is 0.368 e. The first kappa shape index (κ1) is 14.4. The zero-order chi connectivity index (χ0) is 15.8. The molecule has 0 aromatic carbocycles. The molecular formula is C17H22N6. The van der Waals surface area contributed by atoms with Crippen LogP contribution in [0, 0.1) is 6.92 Å². The number of rotatable bonds is 3. The van der Waals surface area contributed by atoms with E-state index >= 15 is 0 Å². The maximum Gasteiger partial charge on any atom is 0.222 e. The van der Waals surface area contributed by atoms with E-state index in [1.807, 2.05) is 19.2 Å². The summed E-state index contributed by atoms with van der Waals surface area (Å²) in [5, 5.41) is 0. The van der Waals surface area contributed by atoms with Gasteiger partial charge in [0, 0.05) is 55.7 Å². The van der Waals surface area contributed by atoms with Crippen molar-refractivity contribution in [1.82, 2.24) is 19.9 Å². The first-order valence-corrected chi connectivity index (χ1v) is 8.26. The molecule has 2 N–H and O–H groups in total. The fourth-order valence-corrected chi connectivity index (χ4v) is 3.39. The van der Waals surface area contributed by atoms with Crippen LogP contribution in [0.25, 0.3) is 11.1 Å². The van der Waals surface area contributed by atoms with Crippen molar-refractivity contribution in [2.24, 2.45) is 0 Å². The second kappa shape index (κ2) is 5.77. The molecule has 0 radical (unpaired) electrons. The molecule has 6 heteroatoms. The highest BCUT2D eigenvalue weighted by Crippen LogP contribution is 2.33. The molecule has 2 aromatic rings. The third kappa shape index (κ3) is 2.86. The van der Waals surface area contributed by atoms with Crippen molar-refractivity contribution in [1.29, 1.82) is 0 Å². The number of nitrogens with zero attached hydrogens (tertiary/aromatic N) is 5. The summed E-state index contributed by atoms with van der Waals surface area (Å²) >= 11 is 0. The van der Waals surface area contributed by atoms with Crippen LogP contribution in [0.2, 0.25) is 0 Å². The van der Waals surface area contributed by atoms with Gasteiger partial charge in [-0.15, -0.1) is 0 Å². The Balaban J connectivity index is 1.67. The molecule has 1 aliphatic carbocycles. The molecule has 2 aromatic heterocycles. The fraction of sp³-hybridized carbons (Fsp3) is 0.471. The third-order valence-corrected chi connectivity index (χ3v) is 4.72. The molecule has 1 saturated heterocycles. The van der Waals surface area contributed by atoms with Crippen LogP contribution in [0.15, 0.2) is 24.5 Å². The lowest BCUT2D eigenvalue weighted by molar-refractivity contribution is 0.247. The van der Waals surface area contributed by atoms with Gasteiger partial charge in [-0.2, -0.15) is 4.98 Å². The Kier molecular flexibility index (Phi) is 3.61. The number of hydrogen-bond acceptors (Lipinski definition) is 6. The van der Waals surface area contributed by atoms with Gasteiger partial charge in [-0.1, -0.05) is 6.07 Å². The normalized spacial score (nSPS) is 19.1. The van der Waals surface area contributed by atoms with Gasteiger partial charge in [0.15, 0.2) is 0 Å². The molecule has 0 bridgehead atoms. The van der Waals surface area contributed by atoms with Gasteiger partial charge in [0.05, 0.1) is 5.69 Å². The molecule has 0 atom stereocenters. The predicted molar refractivity (Wildman–Crippen MR) is 91.2 cm³/mol. The number of aryl methyl sites for hydroxylation is 1. The summed E-state index contributed by atoms with van der Waals surface area (Å²) in [7, 11) is 0. The summed E-state index contributed by atoms with van der Waals surface area (Å²) < 4.78 is 0. The smallest absolute Gasteiger partial charge is 0.222 e. The molecule has 0 unspecified atom stereocenters. The van der Waals surface area contributed by atoms with Crippen LogP contribution in [0.3, 0.4) is 0 Å². The number of pyridine rings is 1. The summed E-state index contributed by atoms with van der Waals surface area (Å²) in [6, 6.07) is 4.82. The lowest BCUT2D eigenvalue weighted by atomic mass is 10.1. The minimum absolute atomic E-state index is 0.342. The maximum absolute atomic E-state index is 5.92. The van der Waals surface area contributed by atoms with Crippen LogP contribution < -0.4 is 10.6 Å². The van der Waals surface area contributed by atoms with Gasteiger partial charge in [-0.25, -0.2) is 4.98 Å². The second-order valence-electron chi connectivity index (χ2n) is 6.36. The van der Waals surface area contributed by atoms with Crippen LogP contribution >= 0.6 is 0 Å². The Morgan fingerprint density at radius 3 is 2.57 bits per heavy atom. The monoisotopic (exact) mass is 310 g/mol. The first-order valence-electron chi connectivity index (χ1n) is 8.26. The Labute approximate surface area is 136 Å². The van der Waals surface area contributed by atoms with E-state index in [2.05, 4.69) is 30.8 Å². The van der Waals surface area contributed by atoms with Gasteiger partial charge in [0.25, 0.3) is 0 Å². The van der Waals surface area contributed by atoms with Crippen LogP contribution in [-0.2, 0) is 0 Å². The Morgan fingerprint density at radius 1 is 1.13 bits per heavy atom. The molecule has 0 spiro atoms. The van der Waals surface area contributed by atoms with Gasteiger partial charge in [0.2, 0.25) is 5.95 Å². The highest BCUT2D eigenvalue weighted by atomic mass is 15.3. The van der Waals surface area contributed by atoms with Crippen molar-refractivity contribution < 1.29 is 0 Å². The van der Waals surface area contributed by atoms with Crippen molar-refractivity contribution in [2.45, 2.75) is 25.8 Å². The molecular weight excluding hydrogens is 288 g/mol. The van der Waals surface area contributed by atoms with Gasteiger partial charge in [0.1, 0.15) is 5.82 Å². The van der Waals surface area contributed by atoms with E-state index in [-0.39, 0.29) is 0 Å². The number of hydrogen-bond donors (Lipinski definition) is 1. The maximum atomic E-state index is 5.92. The minimum atomic E-state index is 0.342. The van der Waals surface area contributed by atoms with Gasteiger partial charge in [-0.05, 0) is 25.8 Å². The zero-order valence-corrected chi connectivity index (χ0v) is 13.4. The van der Waals surface area contributed by atoms with Crippen LogP contribution in [-0.4, -0.2) is 52.1 Å². The molecule has 4 rings (SSSR count). The number of nitrogen functional groups attached to an aromatic ring is 1. The van der Waals surface area contributed by atoms with E-state index in [9.17, 15) is 0 Å². The molecule has 23 heavy (non-hydrogen) atoms. The Bertz CT molecular complexity index is 690. The second-order valence-corrected chi connectivity index (χ2v) is 6.36. The molecule has 120 valence electrons. The summed E-state index contributed by atoms with van der Waals surface area (Å²) in [4.78, 5) is 18.1. The SMILES string of the molecule is Cc1nc(N)nc(N2CCN(C3CC3)CC2)c1-c1cccnc1. The minimum Gasteiger partial charge on any atom is -0.368 e. The predicted octanol–water partition coefficient (Wildman–Crippen LogP) is 1.71. The number of nitrogens with two attached hydrogens (primary N) is 1. The topological polar surface area (TPSA) is 71.2 Å². The van der Waals surface area contributed by atoms with Crippen LogP contribution in [0.1, 0.15) is 18.5 Å². The highest BCUT2D eigenvalue weighted by Gasteiger charge is 2.32. The summed E-state index contributed by atoms with van der Waals surface area (Å²) in [5.41, 5.74) is 8.93. The van der Waals surface area contributed by atoms with E-state index in [1.165, 1.54) is 12.8 Å². The zero-order valence-electron chi connectivity index (χ0n) is 13.4. The van der Waals surface area contributed by atoms with E-state index in [4.69, 9.17) is 5.73 Å². The molecule has 3 heterocycles. The van der Waals surface area contributed by atoms with E-state index in [0.29, 0.717) is 5.95 Å². The summed E-state index contributed by atoms with van der Waals surface area (Å²) in [6.45, 7) is 6.16. The van der Waals surface area contributed by atoms with Crippen molar-refractivity contribution in [2.75, 3.05) is 36.8 Å². The van der Waals surface area contributed by atoms with E-state index in [1.54, 1.807) is 6.20 Å². The molecule has 2 aliphatic rings. The molecule has 0 amide bonds. The Hall–Kier alpha value is -2.21. The average Bonchev–Trinajstić information content (AvgIpc) is 3.40. The summed E-state index contributed by atoms with van der Waals surface area (Å²) in [6.07, 6.45) is 6.37. The number of piperazine rings is 1. The number of anilines is 2. The standard InChI is InChI=1S/C17H22N6/c1-12-15(13-3-2-6-19-11-13)16(21-17(18)20-12)23-9-7-22(8-10-23)14-4-5-14/h2-3,6,11,14H,4-5,7-10H2,1H3,(H2,18,20,21). The lowest BCUT2D eigenvalue weighted by Crippen LogP contribution is -2.47. The van der Waals surface area contributed by atoms with Crippen LogP contribution in [0.5, 0.6) is 0 Å². The van der Waals surface area contributed by atoms with Gasteiger partial charge in [-0.3, -0.25) is 9.88 Å². The lowest BCUT2D eigenvalue weighted by Gasteiger charge is -2.36. The summed E-state index contributed by atoms with van der Waals surface area (Å²) in [5.74, 6) is 1.29. The van der Waals surface area contributed by atoms with Gasteiger partial charge < -0.3 is 10.6 Å². The molecule has 2 fully saturated rings. The highest BCUT2D eigenvalue weighted by molar-refractivity contribution is 5.78. The fourth-order valence-electron chi connectivity index (χ4n) is 3.39. The first-order chi connectivity index (χ1) is 11.2.